The van der Waals surface area contributed by atoms with E-state index in [9.17, 15) is 9.59 Å². The van der Waals surface area contributed by atoms with Crippen LogP contribution in [-0.2, 0) is 9.59 Å². The number of aliphatic carboxylic acids is 1. The van der Waals surface area contributed by atoms with Gasteiger partial charge < -0.3 is 15.3 Å². The van der Waals surface area contributed by atoms with Gasteiger partial charge in [-0.3, -0.25) is 9.59 Å². The number of nitrogens with one attached hydrogen (secondary N) is 1. The second-order valence-corrected chi connectivity index (χ2v) is 4.17. The van der Waals surface area contributed by atoms with Crippen LogP contribution in [0.2, 0.25) is 0 Å². The van der Waals surface area contributed by atoms with Gasteiger partial charge >= 0.3 is 5.97 Å². The van der Waals surface area contributed by atoms with Crippen LogP contribution in [-0.4, -0.2) is 47.6 Å². The Bertz CT molecular complexity index is 264. The van der Waals surface area contributed by atoms with Crippen molar-refractivity contribution in [2.45, 2.75) is 32.7 Å². The Morgan fingerprint density at radius 3 is 2.59 bits per heavy atom. The molecule has 0 unspecified atom stereocenters. The molecule has 17 heavy (non-hydrogen) atoms. The number of rotatable bonds is 9. The first-order valence-corrected chi connectivity index (χ1v) is 5.81. The van der Waals surface area contributed by atoms with Crippen LogP contribution in [0.15, 0.2) is 12.7 Å². The summed E-state index contributed by atoms with van der Waals surface area (Å²) >= 11 is 0. The van der Waals surface area contributed by atoms with Gasteiger partial charge in [0.15, 0.2) is 0 Å². The molecule has 0 aromatic carbocycles. The summed E-state index contributed by atoms with van der Waals surface area (Å²) in [6, 6.07) is 0.397. The molecular formula is C12H22N2O3. The van der Waals surface area contributed by atoms with Crippen LogP contribution in [0.4, 0.5) is 0 Å². The summed E-state index contributed by atoms with van der Waals surface area (Å²) in [5, 5.41) is 11.9. The molecule has 0 rings (SSSR count). The van der Waals surface area contributed by atoms with Crippen molar-refractivity contribution in [3.8, 4) is 0 Å². The minimum absolute atomic E-state index is 0.141. The smallest absolute Gasteiger partial charge is 0.323 e. The number of nitrogens with zero attached hydrogens (tertiary/aromatic N) is 1. The lowest BCUT2D eigenvalue weighted by atomic mass is 10.2. The second kappa shape index (κ2) is 8.75. The lowest BCUT2D eigenvalue weighted by molar-refractivity contribution is -0.144. The fraction of sp³-hybridized carbons (Fsp3) is 0.667. The van der Waals surface area contributed by atoms with Crippen molar-refractivity contribution < 1.29 is 14.7 Å². The van der Waals surface area contributed by atoms with E-state index in [4.69, 9.17) is 5.11 Å². The first-order chi connectivity index (χ1) is 7.97. The van der Waals surface area contributed by atoms with Crippen LogP contribution in [0.1, 0.15) is 26.7 Å². The minimum Gasteiger partial charge on any atom is -0.480 e. The highest BCUT2D eigenvalue weighted by Crippen LogP contribution is 1.98. The number of carbonyl (C=O) groups excluding carboxylic acids is 1. The molecule has 0 aliphatic rings. The number of carbonyl (C=O) groups is 2. The summed E-state index contributed by atoms with van der Waals surface area (Å²) in [7, 11) is 0. The van der Waals surface area contributed by atoms with E-state index >= 15 is 0 Å². The number of amides is 1. The maximum atomic E-state index is 11.7. The first-order valence-electron chi connectivity index (χ1n) is 5.81. The van der Waals surface area contributed by atoms with Gasteiger partial charge in [-0.05, 0) is 13.0 Å². The fourth-order valence-electron chi connectivity index (χ4n) is 1.36. The Hall–Kier alpha value is -1.36. The molecule has 0 saturated heterocycles. The van der Waals surface area contributed by atoms with Gasteiger partial charge in [0.05, 0.1) is 0 Å². The van der Waals surface area contributed by atoms with Crippen LogP contribution in [0.3, 0.4) is 0 Å². The van der Waals surface area contributed by atoms with E-state index in [0.29, 0.717) is 18.9 Å². The Balaban J connectivity index is 3.96. The van der Waals surface area contributed by atoms with Crippen LogP contribution in [0.25, 0.3) is 0 Å². The van der Waals surface area contributed by atoms with Crippen LogP contribution in [0.5, 0.6) is 0 Å². The number of carboxylic acid groups (broad SMARTS) is 1. The lowest BCUT2D eigenvalue weighted by Crippen LogP contribution is -2.36. The Kier molecular flexibility index (Phi) is 8.05. The zero-order valence-corrected chi connectivity index (χ0v) is 10.6. The van der Waals surface area contributed by atoms with E-state index in [2.05, 4.69) is 11.9 Å². The van der Waals surface area contributed by atoms with Gasteiger partial charge in [0.2, 0.25) is 5.91 Å². The van der Waals surface area contributed by atoms with Crippen molar-refractivity contribution in [1.82, 2.24) is 10.2 Å². The van der Waals surface area contributed by atoms with Crippen molar-refractivity contribution in [2.24, 2.45) is 0 Å². The molecule has 0 aromatic heterocycles. The molecule has 98 valence electrons. The van der Waals surface area contributed by atoms with Crippen LogP contribution < -0.4 is 5.32 Å². The van der Waals surface area contributed by atoms with E-state index in [1.807, 2.05) is 13.8 Å². The van der Waals surface area contributed by atoms with Crippen LogP contribution in [0, 0.1) is 0 Å². The summed E-state index contributed by atoms with van der Waals surface area (Å²) in [4.78, 5) is 23.6. The molecule has 2 N–H and O–H groups in total. The van der Waals surface area contributed by atoms with Gasteiger partial charge in [0, 0.05) is 19.0 Å². The standard InChI is InChI=1S/C12H22N2O3/c1-4-8-14(9-12(16)17)11(15)6-5-7-13-10(2)3/h4,10,13H,1,5-9H2,2-3H3,(H,16,17). The quantitative estimate of drug-likeness (QED) is 0.465. The van der Waals surface area contributed by atoms with Gasteiger partial charge in [-0.2, -0.15) is 0 Å². The van der Waals surface area contributed by atoms with Gasteiger partial charge in [-0.15, -0.1) is 6.58 Å². The molecule has 0 heterocycles. The lowest BCUT2D eigenvalue weighted by Gasteiger charge is -2.19. The number of carboxylic acids is 1. The molecule has 0 bridgehead atoms. The average molecular weight is 242 g/mol. The summed E-state index contributed by atoms with van der Waals surface area (Å²) in [6.45, 7) is 8.37. The van der Waals surface area contributed by atoms with Crippen LogP contribution >= 0.6 is 0 Å². The summed E-state index contributed by atoms with van der Waals surface area (Å²) in [5.74, 6) is -1.14. The largest absolute Gasteiger partial charge is 0.480 e. The summed E-state index contributed by atoms with van der Waals surface area (Å²) in [6.07, 6.45) is 2.61. The second-order valence-electron chi connectivity index (χ2n) is 4.17. The molecule has 0 fully saturated rings. The zero-order chi connectivity index (χ0) is 13.3. The molecule has 0 aromatic rings. The molecule has 0 aliphatic carbocycles. The molecule has 0 atom stereocenters. The van der Waals surface area contributed by atoms with E-state index in [1.165, 1.54) is 11.0 Å². The third-order valence-corrected chi connectivity index (χ3v) is 2.15. The van der Waals surface area contributed by atoms with Gasteiger partial charge in [-0.1, -0.05) is 19.9 Å². The third kappa shape index (κ3) is 8.45. The molecule has 0 aliphatic heterocycles. The van der Waals surface area contributed by atoms with E-state index in [0.717, 1.165) is 6.54 Å². The molecule has 5 nitrogen and oxygen atoms in total. The highest BCUT2D eigenvalue weighted by atomic mass is 16.4. The van der Waals surface area contributed by atoms with Crippen molar-refractivity contribution in [3.05, 3.63) is 12.7 Å². The molecule has 0 spiro atoms. The van der Waals surface area contributed by atoms with Crippen molar-refractivity contribution in [1.29, 1.82) is 0 Å². The van der Waals surface area contributed by atoms with Gasteiger partial charge in [0.25, 0.3) is 0 Å². The topological polar surface area (TPSA) is 69.6 Å². The normalized spacial score (nSPS) is 10.3. The maximum Gasteiger partial charge on any atom is 0.323 e. The predicted octanol–water partition coefficient (Wildman–Crippen LogP) is 0.864. The monoisotopic (exact) mass is 242 g/mol. The highest BCUT2D eigenvalue weighted by molar-refractivity contribution is 5.81. The Morgan fingerprint density at radius 1 is 1.47 bits per heavy atom. The molecule has 0 saturated carbocycles. The van der Waals surface area contributed by atoms with Crippen molar-refractivity contribution >= 4 is 11.9 Å². The highest BCUT2D eigenvalue weighted by Gasteiger charge is 2.14. The van der Waals surface area contributed by atoms with E-state index in [-0.39, 0.29) is 19.0 Å². The van der Waals surface area contributed by atoms with Crippen molar-refractivity contribution in [3.63, 3.8) is 0 Å². The van der Waals surface area contributed by atoms with Gasteiger partial charge in [-0.25, -0.2) is 0 Å². The van der Waals surface area contributed by atoms with Gasteiger partial charge in [0.1, 0.15) is 6.54 Å². The fourth-order valence-corrected chi connectivity index (χ4v) is 1.36. The minimum atomic E-state index is -1.000. The summed E-state index contributed by atoms with van der Waals surface area (Å²) < 4.78 is 0. The van der Waals surface area contributed by atoms with E-state index in [1.54, 1.807) is 0 Å². The molecule has 1 amide bonds. The molecule has 5 heteroatoms. The predicted molar refractivity (Wildman–Crippen MR) is 66.8 cm³/mol. The zero-order valence-electron chi connectivity index (χ0n) is 10.6. The van der Waals surface area contributed by atoms with Crippen molar-refractivity contribution in [2.75, 3.05) is 19.6 Å². The molecule has 0 radical (unpaired) electrons. The third-order valence-electron chi connectivity index (χ3n) is 2.15. The number of hydrogen-bond acceptors (Lipinski definition) is 3. The van der Waals surface area contributed by atoms with E-state index < -0.39 is 5.97 Å². The SMILES string of the molecule is C=CCN(CC(=O)O)C(=O)CCCNC(C)C. The number of hydrogen-bond donors (Lipinski definition) is 2. The Morgan fingerprint density at radius 2 is 2.12 bits per heavy atom. The first kappa shape index (κ1) is 15.6. The average Bonchev–Trinajstić information content (AvgIpc) is 2.22. The molecular weight excluding hydrogens is 220 g/mol. The Labute approximate surface area is 102 Å². The maximum absolute atomic E-state index is 11.7. The summed E-state index contributed by atoms with van der Waals surface area (Å²) in [5.41, 5.74) is 0.